The third-order valence-corrected chi connectivity index (χ3v) is 3.95. The normalized spacial score (nSPS) is 13.9. The van der Waals surface area contributed by atoms with Crippen LogP contribution >= 0.6 is 0 Å². The molecule has 2 N–H and O–H groups in total. The number of nitrogens with zero attached hydrogens (tertiary/aromatic N) is 2. The van der Waals surface area contributed by atoms with Crippen molar-refractivity contribution in [3.8, 4) is 0 Å². The lowest BCUT2D eigenvalue weighted by Gasteiger charge is -2.21. The summed E-state index contributed by atoms with van der Waals surface area (Å²) in [5, 5.41) is 13.5. The number of nitrogens with one attached hydrogen (secondary N) is 1. The van der Waals surface area contributed by atoms with Crippen molar-refractivity contribution in [2.24, 2.45) is 0 Å². The Hall–Kier alpha value is -2.05. The number of hydrogen-bond donors (Lipinski definition) is 2. The first-order valence-electron chi connectivity index (χ1n) is 7.88. The van der Waals surface area contributed by atoms with Crippen LogP contribution in [0, 0.1) is 0 Å². The van der Waals surface area contributed by atoms with Crippen molar-refractivity contribution in [1.29, 1.82) is 0 Å². The van der Waals surface area contributed by atoms with E-state index in [0.717, 1.165) is 6.42 Å². The molecule has 2 rings (SSSR count). The van der Waals surface area contributed by atoms with E-state index in [-0.39, 0.29) is 30.3 Å². The van der Waals surface area contributed by atoms with Crippen LogP contribution in [0.15, 0.2) is 35.4 Å². The smallest absolute Gasteiger partial charge is 0.261 e. The highest BCUT2D eigenvalue weighted by Crippen LogP contribution is 2.08. The monoisotopic (exact) mass is 317 g/mol. The molecule has 0 aliphatic rings. The average molecular weight is 317 g/mol. The van der Waals surface area contributed by atoms with Crippen LogP contribution < -0.4 is 10.9 Å². The van der Waals surface area contributed by atoms with Crippen LogP contribution in [0.25, 0.3) is 10.9 Å². The van der Waals surface area contributed by atoms with Crippen LogP contribution in [0.5, 0.6) is 0 Å². The van der Waals surface area contributed by atoms with Gasteiger partial charge in [0.25, 0.3) is 5.56 Å². The number of likely N-dealkylation sites (N-methyl/N-ethyl adjacent to an activating group) is 1. The highest BCUT2D eigenvalue weighted by molar-refractivity contribution is 5.80. The third-order valence-electron chi connectivity index (χ3n) is 3.95. The number of aromatic nitrogens is 2. The van der Waals surface area contributed by atoms with Crippen molar-refractivity contribution >= 4 is 16.7 Å². The number of carbonyl (C=O) groups is 1. The number of aliphatic hydroxyl groups excluding tert-OH is 1. The summed E-state index contributed by atoms with van der Waals surface area (Å²) in [5.74, 6) is -0.112. The van der Waals surface area contributed by atoms with Crippen molar-refractivity contribution in [2.75, 3.05) is 7.05 Å². The lowest BCUT2D eigenvalue weighted by Crippen LogP contribution is -2.40. The molecule has 0 saturated carbocycles. The zero-order chi connectivity index (χ0) is 16.8. The van der Waals surface area contributed by atoms with Gasteiger partial charge in [-0.05, 0) is 25.6 Å². The van der Waals surface area contributed by atoms with Crippen molar-refractivity contribution in [2.45, 2.75) is 44.9 Å². The summed E-state index contributed by atoms with van der Waals surface area (Å²) in [6.07, 6.45) is 2.49. The second-order valence-electron chi connectivity index (χ2n) is 5.69. The third kappa shape index (κ3) is 4.24. The zero-order valence-electron chi connectivity index (χ0n) is 13.5. The number of benzene rings is 1. The lowest BCUT2D eigenvalue weighted by atomic mass is 10.0. The Kier molecular flexibility index (Phi) is 6.01. The number of aliphatic hydroxyl groups is 1. The first-order chi connectivity index (χ1) is 11.1. The SMILES string of the molecule is CCC[C@@H](O)[C@H](CC(=O)Cn1cnc2ccccc2c1=O)NC. The molecule has 1 heterocycles. The number of rotatable bonds is 8. The van der Waals surface area contributed by atoms with E-state index >= 15 is 0 Å². The fourth-order valence-electron chi connectivity index (χ4n) is 2.65. The lowest BCUT2D eigenvalue weighted by molar-refractivity contribution is -0.120. The minimum absolute atomic E-state index is 0.0340. The highest BCUT2D eigenvalue weighted by Gasteiger charge is 2.20. The Morgan fingerprint density at radius 1 is 1.39 bits per heavy atom. The van der Waals surface area contributed by atoms with Gasteiger partial charge in [0, 0.05) is 12.5 Å². The van der Waals surface area contributed by atoms with Gasteiger partial charge >= 0.3 is 0 Å². The van der Waals surface area contributed by atoms with E-state index in [9.17, 15) is 14.7 Å². The maximum Gasteiger partial charge on any atom is 0.261 e. The summed E-state index contributed by atoms with van der Waals surface area (Å²) >= 11 is 0. The molecule has 0 aliphatic heterocycles. The summed E-state index contributed by atoms with van der Waals surface area (Å²) in [6.45, 7) is 1.95. The van der Waals surface area contributed by atoms with Gasteiger partial charge in [0.05, 0.1) is 29.9 Å². The Balaban J connectivity index is 2.11. The molecule has 0 aliphatic carbocycles. The first-order valence-corrected chi connectivity index (χ1v) is 7.88. The number of hydrogen-bond acceptors (Lipinski definition) is 5. The van der Waals surface area contributed by atoms with Crippen molar-refractivity contribution in [1.82, 2.24) is 14.9 Å². The van der Waals surface area contributed by atoms with Crippen molar-refractivity contribution < 1.29 is 9.90 Å². The number of para-hydroxylation sites is 1. The maximum atomic E-state index is 12.4. The molecule has 1 aromatic carbocycles. The second kappa shape index (κ2) is 7.99. The molecule has 2 aromatic rings. The van der Waals surface area contributed by atoms with Crippen LogP contribution in [0.3, 0.4) is 0 Å². The molecule has 6 nitrogen and oxygen atoms in total. The van der Waals surface area contributed by atoms with Crippen LogP contribution in [0.4, 0.5) is 0 Å². The molecule has 0 amide bonds. The molecule has 0 bridgehead atoms. The molecule has 0 saturated heterocycles. The van der Waals surface area contributed by atoms with Crippen LogP contribution in [-0.4, -0.2) is 39.6 Å². The van der Waals surface area contributed by atoms with Gasteiger partial charge in [0.15, 0.2) is 5.78 Å². The van der Waals surface area contributed by atoms with E-state index in [4.69, 9.17) is 0 Å². The van der Waals surface area contributed by atoms with Crippen molar-refractivity contribution in [3.05, 3.63) is 40.9 Å². The molecule has 0 unspecified atom stereocenters. The highest BCUT2D eigenvalue weighted by atomic mass is 16.3. The minimum atomic E-state index is -0.569. The van der Waals surface area contributed by atoms with Gasteiger partial charge in [-0.2, -0.15) is 0 Å². The topological polar surface area (TPSA) is 84.2 Å². The molecule has 0 radical (unpaired) electrons. The molecular formula is C17H23N3O3. The van der Waals surface area contributed by atoms with Gasteiger partial charge in [0.1, 0.15) is 0 Å². The fourth-order valence-corrected chi connectivity index (χ4v) is 2.65. The fraction of sp³-hybridized carbons (Fsp3) is 0.471. The van der Waals surface area contributed by atoms with E-state index < -0.39 is 6.10 Å². The van der Waals surface area contributed by atoms with E-state index in [0.29, 0.717) is 17.3 Å². The summed E-state index contributed by atoms with van der Waals surface area (Å²) < 4.78 is 1.32. The minimum Gasteiger partial charge on any atom is -0.391 e. The van der Waals surface area contributed by atoms with E-state index in [1.807, 2.05) is 13.0 Å². The number of fused-ring (bicyclic) bond motifs is 1. The molecule has 1 aromatic heterocycles. The molecule has 23 heavy (non-hydrogen) atoms. The van der Waals surface area contributed by atoms with Crippen LogP contribution in [0.1, 0.15) is 26.2 Å². The quantitative estimate of drug-likeness (QED) is 0.762. The average Bonchev–Trinajstić information content (AvgIpc) is 2.55. The largest absolute Gasteiger partial charge is 0.391 e. The number of ketones is 1. The predicted molar refractivity (Wildman–Crippen MR) is 89.4 cm³/mol. The summed E-state index contributed by atoms with van der Waals surface area (Å²) in [7, 11) is 1.72. The summed E-state index contributed by atoms with van der Waals surface area (Å²) in [5.41, 5.74) is 0.395. The Labute approximate surface area is 135 Å². The van der Waals surface area contributed by atoms with Gasteiger partial charge in [-0.1, -0.05) is 25.5 Å². The number of carbonyl (C=O) groups excluding carboxylic acids is 1. The Morgan fingerprint density at radius 2 is 2.13 bits per heavy atom. The van der Waals surface area contributed by atoms with E-state index in [1.54, 1.807) is 25.2 Å². The second-order valence-corrected chi connectivity index (χ2v) is 5.69. The summed E-state index contributed by atoms with van der Waals surface area (Å²) in [6, 6.07) is 6.76. The molecule has 0 fully saturated rings. The van der Waals surface area contributed by atoms with Gasteiger partial charge in [-0.15, -0.1) is 0 Å². The molecule has 0 spiro atoms. The zero-order valence-corrected chi connectivity index (χ0v) is 13.5. The van der Waals surface area contributed by atoms with Gasteiger partial charge in [-0.3, -0.25) is 14.2 Å². The molecule has 124 valence electrons. The van der Waals surface area contributed by atoms with E-state index in [2.05, 4.69) is 10.3 Å². The van der Waals surface area contributed by atoms with E-state index in [1.165, 1.54) is 10.9 Å². The molecule has 6 heteroatoms. The van der Waals surface area contributed by atoms with Gasteiger partial charge < -0.3 is 10.4 Å². The molecule has 2 atom stereocenters. The van der Waals surface area contributed by atoms with Crippen LogP contribution in [-0.2, 0) is 11.3 Å². The first kappa shape index (κ1) is 17.3. The van der Waals surface area contributed by atoms with Crippen molar-refractivity contribution in [3.63, 3.8) is 0 Å². The number of Topliss-reactive ketones (excluding diaryl/α,β-unsaturated/α-hetero) is 1. The van der Waals surface area contributed by atoms with Gasteiger partial charge in [-0.25, -0.2) is 4.98 Å². The van der Waals surface area contributed by atoms with Gasteiger partial charge in [0.2, 0.25) is 0 Å². The Bertz CT molecular complexity index is 726. The standard InChI is InChI=1S/C17H23N3O3/c1-3-6-16(22)15(18-2)9-12(21)10-20-11-19-14-8-5-4-7-13(14)17(20)23/h4-5,7-8,11,15-16,18,22H,3,6,9-10H2,1-2H3/t15-,16+/m0/s1. The predicted octanol–water partition coefficient (Wildman–Crippen LogP) is 1.10. The maximum absolute atomic E-state index is 12.4. The Morgan fingerprint density at radius 3 is 2.83 bits per heavy atom. The molecular weight excluding hydrogens is 294 g/mol. The van der Waals surface area contributed by atoms with Crippen LogP contribution in [0.2, 0.25) is 0 Å². The summed E-state index contributed by atoms with van der Waals surface area (Å²) in [4.78, 5) is 28.8.